The minimum absolute atomic E-state index is 0.153. The van der Waals surface area contributed by atoms with E-state index < -0.39 is 59.6 Å². The highest BCUT2D eigenvalue weighted by Crippen LogP contribution is 2.55. The highest BCUT2D eigenvalue weighted by molar-refractivity contribution is 5.70. The Labute approximate surface area is 281 Å². The molecule has 11 heteroatoms. The van der Waals surface area contributed by atoms with Gasteiger partial charge >= 0.3 is 5.97 Å². The molecule has 47 heavy (non-hydrogen) atoms. The molecule has 5 heterocycles. The molecule has 272 valence electrons. The first kappa shape index (κ1) is 37.4. The Kier molecular flexibility index (Phi) is 10.9. The fourth-order valence-corrected chi connectivity index (χ4v) is 9.91. The molecule has 11 nitrogen and oxygen atoms in total. The first-order valence-corrected chi connectivity index (χ1v) is 18.1. The highest BCUT2D eigenvalue weighted by atomic mass is 16.7. The van der Waals surface area contributed by atoms with E-state index in [-0.39, 0.29) is 54.0 Å². The summed E-state index contributed by atoms with van der Waals surface area (Å²) in [7, 11) is 1.52. The molecule has 5 aliphatic rings. The van der Waals surface area contributed by atoms with E-state index in [4.69, 9.17) is 28.4 Å². The predicted molar refractivity (Wildman–Crippen MR) is 172 cm³/mol. The van der Waals surface area contributed by atoms with Crippen molar-refractivity contribution in [3.8, 4) is 0 Å². The van der Waals surface area contributed by atoms with Gasteiger partial charge in [-0.3, -0.25) is 4.79 Å². The van der Waals surface area contributed by atoms with Crippen molar-refractivity contribution in [1.82, 2.24) is 0 Å². The van der Waals surface area contributed by atoms with Crippen molar-refractivity contribution in [1.29, 1.82) is 0 Å². The summed E-state index contributed by atoms with van der Waals surface area (Å²) in [5.41, 5.74) is -1.15. The van der Waals surface area contributed by atoms with Crippen LogP contribution >= 0.6 is 0 Å². The maximum atomic E-state index is 11.8. The number of aliphatic hydroxyl groups is 3. The van der Waals surface area contributed by atoms with Gasteiger partial charge in [-0.1, -0.05) is 41.5 Å². The molecule has 0 radical (unpaired) electrons. The minimum atomic E-state index is -1.56. The van der Waals surface area contributed by atoms with Crippen molar-refractivity contribution >= 4 is 5.97 Å². The standard InChI is InChI=1S/C36H62O11/c1-10-34(31-20(3)16-26(43-31)28-19(2)15-21(4)36(41,18-37)46-28)12-11-27(44-34)33(8)13-14-35(47-33)17-25(38)22(5)30(45-35)23(6)29(42-9)24(7)32(39)40/h19-31,37-38,41H,10-18H2,1-9H3,(H,39,40)/t19-,20-,21+,22-,23-,24+,25+,26-,27-,28+,29-,30+,31?,33+,34+,35-,36+/m1/s1. The van der Waals surface area contributed by atoms with Crippen LogP contribution in [0.1, 0.15) is 107 Å². The van der Waals surface area contributed by atoms with E-state index in [2.05, 4.69) is 27.7 Å². The molecule has 5 fully saturated rings. The molecule has 0 aromatic rings. The van der Waals surface area contributed by atoms with E-state index in [1.807, 2.05) is 20.8 Å². The maximum absolute atomic E-state index is 11.8. The molecule has 5 saturated heterocycles. The monoisotopic (exact) mass is 670 g/mol. The van der Waals surface area contributed by atoms with E-state index in [1.165, 1.54) is 7.11 Å². The summed E-state index contributed by atoms with van der Waals surface area (Å²) < 4.78 is 39.4. The van der Waals surface area contributed by atoms with Gasteiger partial charge < -0.3 is 48.8 Å². The number of aliphatic carboxylic acids is 1. The van der Waals surface area contributed by atoms with Crippen molar-refractivity contribution in [2.45, 2.75) is 172 Å². The van der Waals surface area contributed by atoms with E-state index >= 15 is 0 Å². The van der Waals surface area contributed by atoms with E-state index in [0.29, 0.717) is 19.3 Å². The van der Waals surface area contributed by atoms with Crippen LogP contribution in [-0.4, -0.2) is 106 Å². The zero-order valence-corrected chi connectivity index (χ0v) is 30.0. The van der Waals surface area contributed by atoms with Gasteiger partial charge in [0.2, 0.25) is 0 Å². The van der Waals surface area contributed by atoms with Gasteiger partial charge in [-0.25, -0.2) is 0 Å². The summed E-state index contributed by atoms with van der Waals surface area (Å²) in [6.07, 6.45) is 2.99. The van der Waals surface area contributed by atoms with Gasteiger partial charge in [-0.15, -0.1) is 0 Å². The third-order valence-corrected chi connectivity index (χ3v) is 13.0. The Morgan fingerprint density at radius 2 is 1.72 bits per heavy atom. The Morgan fingerprint density at radius 1 is 1.02 bits per heavy atom. The molecular formula is C36H62O11. The zero-order chi connectivity index (χ0) is 34.7. The average molecular weight is 671 g/mol. The fourth-order valence-electron chi connectivity index (χ4n) is 9.91. The normalized spacial score (nSPS) is 50.9. The van der Waals surface area contributed by atoms with Gasteiger partial charge in [0.1, 0.15) is 0 Å². The van der Waals surface area contributed by atoms with Crippen LogP contribution in [0.15, 0.2) is 0 Å². The number of carbonyl (C=O) groups is 1. The molecule has 5 rings (SSSR count). The Bertz CT molecular complexity index is 1110. The smallest absolute Gasteiger partial charge is 0.308 e. The molecule has 1 unspecified atom stereocenters. The summed E-state index contributed by atoms with van der Waals surface area (Å²) >= 11 is 0. The summed E-state index contributed by atoms with van der Waals surface area (Å²) in [4.78, 5) is 11.8. The molecule has 5 aliphatic heterocycles. The molecule has 0 saturated carbocycles. The maximum Gasteiger partial charge on any atom is 0.308 e. The molecule has 0 aliphatic carbocycles. The SMILES string of the molecule is CC[C@@]1(C2O[C@@H]([C@H]3O[C@@](O)(CO)[C@@H](C)C[C@H]3C)C[C@H]2C)CC[C@H]([C@]2(C)CC[C@]3(C[C@H](O)[C@@H](C)[C@@H]([C@H](C)[C@@H](OC)[C@H](C)C(=O)O)O3)O2)O1. The summed E-state index contributed by atoms with van der Waals surface area (Å²) in [5, 5.41) is 41.8. The number of hydrogen-bond acceptors (Lipinski definition) is 10. The van der Waals surface area contributed by atoms with Gasteiger partial charge in [0, 0.05) is 37.7 Å². The Hall–Kier alpha value is -0.890. The van der Waals surface area contributed by atoms with Crippen molar-refractivity contribution < 1.29 is 53.6 Å². The topological polar surface area (TPSA) is 153 Å². The second-order valence-corrected chi connectivity index (χ2v) is 16.3. The molecule has 4 N–H and O–H groups in total. The highest BCUT2D eigenvalue weighted by Gasteiger charge is 2.62. The van der Waals surface area contributed by atoms with Crippen LogP contribution in [0.4, 0.5) is 0 Å². The van der Waals surface area contributed by atoms with Crippen molar-refractivity contribution in [2.75, 3.05) is 13.7 Å². The van der Waals surface area contributed by atoms with Crippen molar-refractivity contribution in [3.63, 3.8) is 0 Å². The van der Waals surface area contributed by atoms with Crippen LogP contribution < -0.4 is 0 Å². The number of carboxylic acids is 1. The van der Waals surface area contributed by atoms with E-state index in [0.717, 1.165) is 32.1 Å². The number of ether oxygens (including phenoxy) is 6. The van der Waals surface area contributed by atoms with Gasteiger partial charge in [-0.2, -0.15) is 0 Å². The third kappa shape index (κ3) is 6.67. The molecule has 17 atom stereocenters. The molecule has 0 bridgehead atoms. The first-order valence-electron chi connectivity index (χ1n) is 18.1. The minimum Gasteiger partial charge on any atom is -0.481 e. The molecule has 1 spiro atoms. The van der Waals surface area contributed by atoms with Crippen LogP contribution in [0.3, 0.4) is 0 Å². The predicted octanol–water partition coefficient (Wildman–Crippen LogP) is 4.27. The summed E-state index contributed by atoms with van der Waals surface area (Å²) in [5.74, 6) is -4.52. The zero-order valence-electron chi connectivity index (χ0n) is 30.0. The lowest BCUT2D eigenvalue weighted by molar-refractivity contribution is -0.336. The Morgan fingerprint density at radius 3 is 2.34 bits per heavy atom. The number of carboxylic acid groups (broad SMARTS) is 1. The third-order valence-electron chi connectivity index (χ3n) is 13.0. The number of aliphatic hydroxyl groups excluding tert-OH is 2. The number of methoxy groups -OCH3 is 1. The van der Waals surface area contributed by atoms with Gasteiger partial charge in [0.25, 0.3) is 0 Å². The van der Waals surface area contributed by atoms with Crippen LogP contribution in [0, 0.1) is 35.5 Å². The molecular weight excluding hydrogens is 608 g/mol. The van der Waals surface area contributed by atoms with Crippen LogP contribution in [0.5, 0.6) is 0 Å². The average Bonchev–Trinajstić information content (AvgIpc) is 3.73. The second kappa shape index (κ2) is 13.7. The van der Waals surface area contributed by atoms with Crippen molar-refractivity contribution in [2.24, 2.45) is 35.5 Å². The van der Waals surface area contributed by atoms with Crippen LogP contribution in [0.2, 0.25) is 0 Å². The quantitative estimate of drug-likeness (QED) is 0.264. The van der Waals surface area contributed by atoms with Crippen LogP contribution in [0.25, 0.3) is 0 Å². The Balaban J connectivity index is 1.29. The summed E-state index contributed by atoms with van der Waals surface area (Å²) in [6, 6.07) is 0. The second-order valence-electron chi connectivity index (χ2n) is 16.3. The first-order chi connectivity index (χ1) is 22.0. The molecule has 0 aromatic heterocycles. The lowest BCUT2D eigenvalue weighted by Crippen LogP contribution is -2.57. The van der Waals surface area contributed by atoms with E-state index in [9.17, 15) is 25.2 Å². The summed E-state index contributed by atoms with van der Waals surface area (Å²) in [6.45, 7) is 15.6. The van der Waals surface area contributed by atoms with Crippen LogP contribution in [-0.2, 0) is 33.2 Å². The molecule has 0 amide bonds. The fraction of sp³-hybridized carbons (Fsp3) is 0.972. The lowest BCUT2D eigenvalue weighted by Gasteiger charge is -2.49. The van der Waals surface area contributed by atoms with Gasteiger partial charge in [-0.05, 0) is 64.2 Å². The molecule has 0 aromatic carbocycles. The van der Waals surface area contributed by atoms with Gasteiger partial charge in [0.05, 0.1) is 66.5 Å². The number of hydrogen-bond donors (Lipinski definition) is 4. The lowest BCUT2D eigenvalue weighted by atomic mass is 9.78. The van der Waals surface area contributed by atoms with Gasteiger partial charge in [0.15, 0.2) is 11.6 Å². The van der Waals surface area contributed by atoms with Crippen molar-refractivity contribution in [3.05, 3.63) is 0 Å². The largest absolute Gasteiger partial charge is 0.481 e. The number of rotatable bonds is 10. The van der Waals surface area contributed by atoms with E-state index in [1.54, 1.807) is 6.92 Å².